The van der Waals surface area contributed by atoms with E-state index >= 15 is 0 Å². The number of hydrogen-bond donors (Lipinski definition) is 0. The van der Waals surface area contributed by atoms with Crippen LogP contribution in [-0.4, -0.2) is 47.4 Å². The molecule has 2 rings (SSSR count). The van der Waals surface area contributed by atoms with Gasteiger partial charge in [-0.3, -0.25) is 14.8 Å². The molecule has 1 aliphatic rings. The zero-order valence-corrected chi connectivity index (χ0v) is 9.11. The lowest BCUT2D eigenvalue weighted by Gasteiger charge is -2.09. The van der Waals surface area contributed by atoms with Gasteiger partial charge < -0.3 is 4.74 Å². The molecule has 16 heavy (non-hydrogen) atoms. The van der Waals surface area contributed by atoms with E-state index in [1.54, 1.807) is 38.1 Å². The van der Waals surface area contributed by atoms with Crippen molar-refractivity contribution in [2.75, 3.05) is 20.3 Å². The Hall–Kier alpha value is -1.82. The Bertz CT molecular complexity index is 302. The summed E-state index contributed by atoms with van der Waals surface area (Å²) in [5.41, 5.74) is 0. The number of rotatable bonds is 3. The van der Waals surface area contributed by atoms with Crippen LogP contribution in [0.5, 0.6) is 0 Å². The van der Waals surface area contributed by atoms with Crippen LogP contribution in [0.4, 0.5) is 0 Å². The second-order valence-corrected chi connectivity index (χ2v) is 2.91. The molecule has 86 valence electrons. The molecule has 0 aliphatic carbocycles. The van der Waals surface area contributed by atoms with Gasteiger partial charge in [0.2, 0.25) is 5.91 Å². The fourth-order valence-electron chi connectivity index (χ4n) is 1.00. The van der Waals surface area contributed by atoms with E-state index in [1.807, 2.05) is 0 Å². The van der Waals surface area contributed by atoms with Crippen molar-refractivity contribution < 1.29 is 9.53 Å². The standard InChI is InChI=1S/C6H10N2O2.C4H4N2/c1-10-5-4-8-6(9)2-3-7-8;1-2-6-4-3-5-1/h3H,2,4-5H2,1H3;1-4H. The fraction of sp³-hybridized carbons (Fsp3) is 0.400. The van der Waals surface area contributed by atoms with Crippen molar-refractivity contribution in [1.82, 2.24) is 15.0 Å². The number of hydrogen-bond acceptors (Lipinski definition) is 5. The topological polar surface area (TPSA) is 67.7 Å². The van der Waals surface area contributed by atoms with E-state index in [4.69, 9.17) is 4.74 Å². The summed E-state index contributed by atoms with van der Waals surface area (Å²) in [7, 11) is 1.60. The molecule has 0 aromatic carbocycles. The SMILES string of the molecule is COCCN1N=CCC1=O.c1cnccn1. The van der Waals surface area contributed by atoms with Gasteiger partial charge in [-0.15, -0.1) is 0 Å². The molecule has 1 amide bonds. The van der Waals surface area contributed by atoms with Gasteiger partial charge in [0.15, 0.2) is 0 Å². The van der Waals surface area contributed by atoms with Gasteiger partial charge in [-0.25, -0.2) is 5.01 Å². The summed E-state index contributed by atoms with van der Waals surface area (Å²) in [5.74, 6) is 0.0528. The largest absolute Gasteiger partial charge is 0.383 e. The predicted molar refractivity (Wildman–Crippen MR) is 58.7 cm³/mol. The quantitative estimate of drug-likeness (QED) is 0.739. The highest BCUT2D eigenvalue weighted by molar-refractivity contribution is 5.93. The van der Waals surface area contributed by atoms with Crippen molar-refractivity contribution in [3.05, 3.63) is 24.8 Å². The summed E-state index contributed by atoms with van der Waals surface area (Å²) in [6.45, 7) is 1.11. The number of methoxy groups -OCH3 is 1. The van der Waals surface area contributed by atoms with Gasteiger partial charge in [0, 0.05) is 38.1 Å². The molecule has 1 aliphatic heterocycles. The molecule has 0 saturated heterocycles. The van der Waals surface area contributed by atoms with Crippen LogP contribution in [0.25, 0.3) is 0 Å². The summed E-state index contributed by atoms with van der Waals surface area (Å²) >= 11 is 0. The zero-order chi connectivity index (χ0) is 11.6. The average molecular weight is 222 g/mol. The lowest BCUT2D eigenvalue weighted by Crippen LogP contribution is -2.24. The number of amides is 1. The number of aromatic nitrogens is 2. The number of carbonyl (C=O) groups excluding carboxylic acids is 1. The predicted octanol–water partition coefficient (Wildman–Crippen LogP) is 0.327. The summed E-state index contributed by atoms with van der Waals surface area (Å²) in [6.07, 6.45) is 8.60. The summed E-state index contributed by atoms with van der Waals surface area (Å²) < 4.78 is 4.78. The Morgan fingerprint density at radius 3 is 2.31 bits per heavy atom. The van der Waals surface area contributed by atoms with E-state index in [1.165, 1.54) is 5.01 Å². The van der Waals surface area contributed by atoms with E-state index in [2.05, 4.69) is 15.1 Å². The maximum atomic E-state index is 10.8. The van der Waals surface area contributed by atoms with Crippen molar-refractivity contribution in [3.8, 4) is 0 Å². The molecule has 6 nitrogen and oxygen atoms in total. The number of hydrazone groups is 1. The minimum absolute atomic E-state index is 0.0528. The molecule has 0 fully saturated rings. The van der Waals surface area contributed by atoms with Crippen molar-refractivity contribution in [1.29, 1.82) is 0 Å². The second kappa shape index (κ2) is 7.47. The molecule has 0 spiro atoms. The van der Waals surface area contributed by atoms with Gasteiger partial charge >= 0.3 is 0 Å². The Morgan fingerprint density at radius 2 is 1.94 bits per heavy atom. The molecular formula is C10H14N4O2. The normalized spacial score (nSPS) is 13.6. The third-order valence-corrected chi connectivity index (χ3v) is 1.76. The minimum atomic E-state index is 0.0528. The van der Waals surface area contributed by atoms with Crippen LogP contribution < -0.4 is 0 Å². The molecule has 6 heteroatoms. The first kappa shape index (κ1) is 12.3. The lowest BCUT2D eigenvalue weighted by atomic mass is 10.4. The third-order valence-electron chi connectivity index (χ3n) is 1.76. The van der Waals surface area contributed by atoms with E-state index in [0.717, 1.165) is 0 Å². The Morgan fingerprint density at radius 1 is 1.31 bits per heavy atom. The van der Waals surface area contributed by atoms with Gasteiger partial charge in [0.1, 0.15) is 0 Å². The fourth-order valence-corrected chi connectivity index (χ4v) is 1.00. The van der Waals surface area contributed by atoms with Crippen LogP contribution in [0.15, 0.2) is 29.9 Å². The third kappa shape index (κ3) is 4.61. The van der Waals surface area contributed by atoms with Crippen molar-refractivity contribution in [2.24, 2.45) is 5.10 Å². The van der Waals surface area contributed by atoms with E-state index in [9.17, 15) is 4.79 Å². The first-order valence-electron chi connectivity index (χ1n) is 4.86. The highest BCUT2D eigenvalue weighted by Gasteiger charge is 2.14. The molecule has 1 aromatic heterocycles. The highest BCUT2D eigenvalue weighted by Crippen LogP contribution is 2.00. The van der Waals surface area contributed by atoms with Crippen LogP contribution in [-0.2, 0) is 9.53 Å². The molecule has 0 unspecified atom stereocenters. The van der Waals surface area contributed by atoms with Crippen LogP contribution in [0.1, 0.15) is 6.42 Å². The van der Waals surface area contributed by atoms with Gasteiger partial charge in [0.05, 0.1) is 19.6 Å². The maximum absolute atomic E-state index is 10.8. The van der Waals surface area contributed by atoms with Crippen LogP contribution in [0.2, 0.25) is 0 Å². The molecule has 0 bridgehead atoms. The molecule has 0 N–H and O–H groups in total. The second-order valence-electron chi connectivity index (χ2n) is 2.91. The van der Waals surface area contributed by atoms with Gasteiger partial charge in [0.25, 0.3) is 0 Å². The average Bonchev–Trinajstić information content (AvgIpc) is 2.75. The first-order chi connectivity index (χ1) is 7.84. The van der Waals surface area contributed by atoms with Crippen LogP contribution >= 0.6 is 0 Å². The minimum Gasteiger partial charge on any atom is -0.383 e. The number of nitrogens with zero attached hydrogens (tertiary/aromatic N) is 4. The van der Waals surface area contributed by atoms with Crippen molar-refractivity contribution in [2.45, 2.75) is 6.42 Å². The zero-order valence-electron chi connectivity index (χ0n) is 9.11. The van der Waals surface area contributed by atoms with E-state index in [-0.39, 0.29) is 5.91 Å². The Kier molecular flexibility index (Phi) is 5.72. The van der Waals surface area contributed by atoms with Gasteiger partial charge in [-0.2, -0.15) is 5.10 Å². The number of carbonyl (C=O) groups is 1. The van der Waals surface area contributed by atoms with Crippen molar-refractivity contribution in [3.63, 3.8) is 0 Å². The summed E-state index contributed by atoms with van der Waals surface area (Å²) in [4.78, 5) is 18.3. The van der Waals surface area contributed by atoms with Gasteiger partial charge in [-0.1, -0.05) is 0 Å². The highest BCUT2D eigenvalue weighted by atomic mass is 16.5. The van der Waals surface area contributed by atoms with Crippen LogP contribution in [0, 0.1) is 0 Å². The molecule has 0 atom stereocenters. The summed E-state index contributed by atoms with van der Waals surface area (Å²) in [6, 6.07) is 0. The molecule has 2 heterocycles. The van der Waals surface area contributed by atoms with Crippen molar-refractivity contribution >= 4 is 12.1 Å². The van der Waals surface area contributed by atoms with Crippen LogP contribution in [0.3, 0.4) is 0 Å². The molecule has 0 saturated carbocycles. The molecule has 1 aromatic rings. The first-order valence-corrected chi connectivity index (χ1v) is 4.86. The van der Waals surface area contributed by atoms with E-state index < -0.39 is 0 Å². The molecular weight excluding hydrogens is 208 g/mol. The Balaban J connectivity index is 0.000000181. The summed E-state index contributed by atoms with van der Waals surface area (Å²) in [5, 5.41) is 5.25. The Labute approximate surface area is 94.0 Å². The maximum Gasteiger partial charge on any atom is 0.248 e. The van der Waals surface area contributed by atoms with Gasteiger partial charge in [-0.05, 0) is 0 Å². The smallest absolute Gasteiger partial charge is 0.248 e. The van der Waals surface area contributed by atoms with E-state index in [0.29, 0.717) is 19.6 Å². The lowest BCUT2D eigenvalue weighted by molar-refractivity contribution is -0.129. The number of ether oxygens (including phenoxy) is 1. The molecule has 0 radical (unpaired) electrons. The monoisotopic (exact) mass is 222 g/mol.